The number of nitrogens with one attached hydrogen (secondary N) is 1. The van der Waals surface area contributed by atoms with Crippen molar-refractivity contribution in [2.45, 2.75) is 19.3 Å². The maximum atomic E-state index is 12.4. The lowest BCUT2D eigenvalue weighted by molar-refractivity contribution is -0.121. The van der Waals surface area contributed by atoms with Gasteiger partial charge in [-0.15, -0.1) is 23.7 Å². The Morgan fingerprint density at radius 2 is 2.21 bits per heavy atom. The zero-order chi connectivity index (χ0) is 16.4. The Kier molecular flexibility index (Phi) is 5.75. The van der Waals surface area contributed by atoms with Crippen molar-refractivity contribution in [3.8, 4) is 0 Å². The molecule has 0 bridgehead atoms. The highest BCUT2D eigenvalue weighted by Crippen LogP contribution is 2.28. The van der Waals surface area contributed by atoms with Crippen LogP contribution in [0.1, 0.15) is 23.2 Å². The lowest BCUT2D eigenvalue weighted by atomic mass is 9.87. The van der Waals surface area contributed by atoms with E-state index >= 15 is 0 Å². The summed E-state index contributed by atoms with van der Waals surface area (Å²) in [6.07, 6.45) is 2.73. The van der Waals surface area contributed by atoms with E-state index in [1.807, 2.05) is 30.6 Å². The van der Waals surface area contributed by atoms with Gasteiger partial charge in [-0.05, 0) is 29.7 Å². The molecule has 126 valence electrons. The first kappa shape index (κ1) is 18.2. The SMILES string of the molecule is CNc1cccc2c1CC(=O)C(C(=O)CCc1csc(N)n1)=C2.Cl. The number of thiazole rings is 1. The molecule has 0 spiro atoms. The van der Waals surface area contributed by atoms with Crippen LogP contribution >= 0.6 is 23.7 Å². The molecular weight excluding hydrogens is 346 g/mol. The number of fused-ring (bicyclic) bond motifs is 1. The highest BCUT2D eigenvalue weighted by molar-refractivity contribution is 7.13. The average molecular weight is 364 g/mol. The highest BCUT2D eigenvalue weighted by Gasteiger charge is 2.25. The van der Waals surface area contributed by atoms with Gasteiger partial charge in [0.15, 0.2) is 16.7 Å². The van der Waals surface area contributed by atoms with Crippen LogP contribution in [-0.2, 0) is 22.4 Å². The smallest absolute Gasteiger partial charge is 0.180 e. The number of rotatable bonds is 5. The van der Waals surface area contributed by atoms with Crippen LogP contribution in [0, 0.1) is 0 Å². The van der Waals surface area contributed by atoms with Gasteiger partial charge < -0.3 is 11.1 Å². The van der Waals surface area contributed by atoms with E-state index in [1.165, 1.54) is 11.3 Å². The van der Waals surface area contributed by atoms with Crippen LogP contribution in [0.4, 0.5) is 10.8 Å². The molecule has 1 aliphatic carbocycles. The number of aromatic nitrogens is 1. The van der Waals surface area contributed by atoms with Crippen LogP contribution in [0.2, 0.25) is 0 Å². The van der Waals surface area contributed by atoms with E-state index in [1.54, 1.807) is 6.08 Å². The molecule has 3 rings (SSSR count). The number of aryl methyl sites for hydroxylation is 1. The molecule has 0 saturated heterocycles. The van der Waals surface area contributed by atoms with Gasteiger partial charge in [0.1, 0.15) is 0 Å². The van der Waals surface area contributed by atoms with Crippen LogP contribution in [0.25, 0.3) is 6.08 Å². The zero-order valence-corrected chi connectivity index (χ0v) is 14.8. The van der Waals surface area contributed by atoms with E-state index in [0.29, 0.717) is 11.6 Å². The summed E-state index contributed by atoms with van der Waals surface area (Å²) in [7, 11) is 1.82. The number of Topliss-reactive ketones (excluding diaryl/α,β-unsaturated/α-hetero) is 2. The number of halogens is 1. The molecule has 7 heteroatoms. The molecule has 0 unspecified atom stereocenters. The van der Waals surface area contributed by atoms with Gasteiger partial charge in [-0.25, -0.2) is 4.98 Å². The van der Waals surface area contributed by atoms with E-state index in [4.69, 9.17) is 5.73 Å². The van der Waals surface area contributed by atoms with E-state index < -0.39 is 0 Å². The van der Waals surface area contributed by atoms with Crippen molar-refractivity contribution in [3.63, 3.8) is 0 Å². The maximum absolute atomic E-state index is 12.4. The number of hydrogen-bond donors (Lipinski definition) is 2. The van der Waals surface area contributed by atoms with E-state index in [0.717, 1.165) is 22.5 Å². The topological polar surface area (TPSA) is 85.1 Å². The summed E-state index contributed by atoms with van der Waals surface area (Å²) in [6.45, 7) is 0. The van der Waals surface area contributed by atoms with Gasteiger partial charge in [0, 0.05) is 31.0 Å². The van der Waals surface area contributed by atoms with E-state index in [9.17, 15) is 9.59 Å². The number of nitrogens with two attached hydrogens (primary N) is 1. The summed E-state index contributed by atoms with van der Waals surface area (Å²) in [6, 6.07) is 5.77. The molecule has 0 fully saturated rings. The number of allylic oxidation sites excluding steroid dienone is 1. The number of nitrogen functional groups attached to an aromatic ring is 1. The third-order valence-electron chi connectivity index (χ3n) is 3.90. The van der Waals surface area contributed by atoms with Crippen LogP contribution in [-0.4, -0.2) is 23.6 Å². The Hall–Kier alpha value is -2.18. The van der Waals surface area contributed by atoms with Crippen molar-refractivity contribution in [2.24, 2.45) is 0 Å². The summed E-state index contributed by atoms with van der Waals surface area (Å²) in [5.41, 5.74) is 9.47. The molecule has 0 atom stereocenters. The molecule has 1 aliphatic rings. The molecule has 24 heavy (non-hydrogen) atoms. The Labute approximate surface area is 150 Å². The number of carbonyl (C=O) groups excluding carboxylic acids is 2. The zero-order valence-electron chi connectivity index (χ0n) is 13.2. The summed E-state index contributed by atoms with van der Waals surface area (Å²) in [4.78, 5) is 28.9. The second-order valence-corrected chi connectivity index (χ2v) is 6.27. The maximum Gasteiger partial charge on any atom is 0.180 e. The van der Waals surface area contributed by atoms with Crippen molar-refractivity contribution >= 4 is 52.2 Å². The fourth-order valence-electron chi connectivity index (χ4n) is 2.71. The van der Waals surface area contributed by atoms with Crippen LogP contribution < -0.4 is 11.1 Å². The average Bonchev–Trinajstić information content (AvgIpc) is 2.97. The lowest BCUT2D eigenvalue weighted by Gasteiger charge is -2.18. The van der Waals surface area contributed by atoms with Gasteiger partial charge in [0.25, 0.3) is 0 Å². The fourth-order valence-corrected chi connectivity index (χ4v) is 3.31. The molecule has 3 N–H and O–H groups in total. The second-order valence-electron chi connectivity index (χ2n) is 5.38. The molecule has 5 nitrogen and oxygen atoms in total. The van der Waals surface area contributed by atoms with Gasteiger partial charge in [0.05, 0.1) is 11.3 Å². The minimum atomic E-state index is -0.137. The van der Waals surface area contributed by atoms with Crippen molar-refractivity contribution in [2.75, 3.05) is 18.1 Å². The number of carbonyl (C=O) groups is 2. The van der Waals surface area contributed by atoms with Crippen LogP contribution in [0.15, 0.2) is 29.2 Å². The fraction of sp³-hybridized carbons (Fsp3) is 0.235. The Bertz CT molecular complexity index is 814. The van der Waals surface area contributed by atoms with Crippen molar-refractivity contribution in [1.29, 1.82) is 0 Å². The Morgan fingerprint density at radius 3 is 2.88 bits per heavy atom. The lowest BCUT2D eigenvalue weighted by Crippen LogP contribution is -2.20. The standard InChI is InChI=1S/C17H17N3O2S.ClH/c1-19-14-4-2-3-10-7-13(16(22)8-12(10)14)15(21)6-5-11-9-23-17(18)20-11;/h2-4,7,9,19H,5-6,8H2,1H3,(H2,18,20);1H. The van der Waals surface area contributed by atoms with Gasteiger partial charge >= 0.3 is 0 Å². The molecule has 1 aromatic carbocycles. The van der Waals surface area contributed by atoms with Gasteiger partial charge in [-0.1, -0.05) is 12.1 Å². The largest absolute Gasteiger partial charge is 0.388 e. The molecule has 0 radical (unpaired) electrons. The third kappa shape index (κ3) is 3.66. The van der Waals surface area contributed by atoms with Gasteiger partial charge in [0.2, 0.25) is 0 Å². The van der Waals surface area contributed by atoms with Crippen molar-refractivity contribution in [3.05, 3.63) is 46.0 Å². The molecule has 2 aromatic rings. The first-order valence-corrected chi connectivity index (χ1v) is 8.24. The minimum absolute atomic E-state index is 0. The molecule has 1 aromatic heterocycles. The molecule has 0 saturated carbocycles. The van der Waals surface area contributed by atoms with Crippen molar-refractivity contribution < 1.29 is 9.59 Å². The molecular formula is C17H18ClN3O2S. The minimum Gasteiger partial charge on any atom is -0.388 e. The monoisotopic (exact) mass is 363 g/mol. The number of benzene rings is 1. The molecule has 1 heterocycles. The Balaban J connectivity index is 0.00000208. The third-order valence-corrected chi connectivity index (χ3v) is 4.62. The summed E-state index contributed by atoms with van der Waals surface area (Å²) in [5.74, 6) is -0.259. The summed E-state index contributed by atoms with van der Waals surface area (Å²) in [5, 5.41) is 5.42. The van der Waals surface area contributed by atoms with Crippen LogP contribution in [0.5, 0.6) is 0 Å². The molecule has 0 amide bonds. The number of anilines is 2. The first-order chi connectivity index (χ1) is 11.1. The normalized spacial score (nSPS) is 12.9. The second kappa shape index (κ2) is 7.59. The van der Waals surface area contributed by atoms with Gasteiger partial charge in [-0.3, -0.25) is 9.59 Å². The van der Waals surface area contributed by atoms with Crippen LogP contribution in [0.3, 0.4) is 0 Å². The Morgan fingerprint density at radius 1 is 1.42 bits per heavy atom. The quantitative estimate of drug-likeness (QED) is 0.798. The number of ketones is 2. The molecule has 0 aliphatic heterocycles. The summed E-state index contributed by atoms with van der Waals surface area (Å²) < 4.78 is 0. The predicted octanol–water partition coefficient (Wildman–Crippen LogP) is 2.90. The number of nitrogens with zero attached hydrogens (tertiary/aromatic N) is 1. The van der Waals surface area contributed by atoms with Crippen molar-refractivity contribution in [1.82, 2.24) is 4.98 Å². The van der Waals surface area contributed by atoms with Gasteiger partial charge in [-0.2, -0.15) is 0 Å². The number of hydrogen-bond acceptors (Lipinski definition) is 6. The highest BCUT2D eigenvalue weighted by atomic mass is 35.5. The van der Waals surface area contributed by atoms with E-state index in [2.05, 4.69) is 10.3 Å². The predicted molar refractivity (Wildman–Crippen MR) is 99.8 cm³/mol. The summed E-state index contributed by atoms with van der Waals surface area (Å²) >= 11 is 1.35. The first-order valence-electron chi connectivity index (χ1n) is 7.36. The van der Waals surface area contributed by atoms with E-state index in [-0.39, 0.29) is 42.4 Å².